The third kappa shape index (κ3) is 3.64. The first kappa shape index (κ1) is 16.6. The molecule has 0 radical (unpaired) electrons. The van der Waals surface area contributed by atoms with Crippen LogP contribution in [0.15, 0.2) is 48.5 Å². The minimum Gasteiger partial charge on any atom is -0.496 e. The van der Waals surface area contributed by atoms with Crippen LogP contribution in [-0.4, -0.2) is 14.2 Å². The fourth-order valence-corrected chi connectivity index (χ4v) is 3.70. The molecule has 2 heteroatoms. The number of rotatable bonds is 5. The van der Waals surface area contributed by atoms with Crippen LogP contribution in [0.5, 0.6) is 5.75 Å². The van der Waals surface area contributed by atoms with Crippen LogP contribution in [0, 0.1) is 0 Å². The molecule has 0 aromatic heterocycles. The van der Waals surface area contributed by atoms with E-state index < -0.39 is 0 Å². The predicted octanol–water partition coefficient (Wildman–Crippen LogP) is 5.89. The molecule has 24 heavy (non-hydrogen) atoms. The minimum atomic E-state index is 0.579. The fourth-order valence-electron chi connectivity index (χ4n) is 3.70. The molecule has 0 N–H and O–H groups in total. The van der Waals surface area contributed by atoms with Crippen molar-refractivity contribution in [2.45, 2.75) is 38.0 Å². The molecule has 1 fully saturated rings. The van der Waals surface area contributed by atoms with Crippen LogP contribution in [0.1, 0.15) is 54.7 Å². The van der Waals surface area contributed by atoms with E-state index in [0.29, 0.717) is 5.92 Å². The molecule has 0 atom stereocenters. The van der Waals surface area contributed by atoms with Crippen LogP contribution in [-0.2, 0) is 4.74 Å². The zero-order valence-electron chi connectivity index (χ0n) is 14.6. The Morgan fingerprint density at radius 1 is 0.917 bits per heavy atom. The van der Waals surface area contributed by atoms with E-state index in [9.17, 15) is 0 Å². The van der Waals surface area contributed by atoms with E-state index in [1.807, 2.05) is 18.2 Å². The molecule has 0 aliphatic heterocycles. The molecule has 1 aliphatic rings. The SMILES string of the molecule is COC(=Cc1cccc(OC)c1C1CCCCC1)c1ccccc1. The van der Waals surface area contributed by atoms with Crippen LogP contribution in [0.25, 0.3) is 11.8 Å². The zero-order chi connectivity index (χ0) is 16.8. The van der Waals surface area contributed by atoms with Crippen molar-refractivity contribution in [1.29, 1.82) is 0 Å². The van der Waals surface area contributed by atoms with Gasteiger partial charge in [0.1, 0.15) is 11.5 Å². The van der Waals surface area contributed by atoms with Gasteiger partial charge in [-0.3, -0.25) is 0 Å². The van der Waals surface area contributed by atoms with Gasteiger partial charge >= 0.3 is 0 Å². The van der Waals surface area contributed by atoms with Crippen LogP contribution < -0.4 is 4.74 Å². The van der Waals surface area contributed by atoms with Gasteiger partial charge in [0.25, 0.3) is 0 Å². The topological polar surface area (TPSA) is 18.5 Å². The van der Waals surface area contributed by atoms with Crippen molar-refractivity contribution in [2.24, 2.45) is 0 Å². The molecule has 126 valence electrons. The molecule has 2 nitrogen and oxygen atoms in total. The average molecular weight is 322 g/mol. The second-order valence-electron chi connectivity index (χ2n) is 6.38. The normalized spacial score (nSPS) is 16.0. The van der Waals surface area contributed by atoms with E-state index in [-0.39, 0.29) is 0 Å². The zero-order valence-corrected chi connectivity index (χ0v) is 14.6. The summed E-state index contributed by atoms with van der Waals surface area (Å²) in [5, 5.41) is 0. The van der Waals surface area contributed by atoms with Gasteiger partial charge in [0.15, 0.2) is 0 Å². The molecular weight excluding hydrogens is 296 g/mol. The van der Waals surface area contributed by atoms with Crippen LogP contribution in [0.3, 0.4) is 0 Å². The highest BCUT2D eigenvalue weighted by atomic mass is 16.5. The van der Waals surface area contributed by atoms with E-state index in [2.05, 4.69) is 36.4 Å². The Balaban J connectivity index is 2.04. The first-order valence-electron chi connectivity index (χ1n) is 8.81. The van der Waals surface area contributed by atoms with Crippen molar-refractivity contribution in [3.05, 3.63) is 65.2 Å². The van der Waals surface area contributed by atoms with Gasteiger partial charge in [-0.2, -0.15) is 0 Å². The lowest BCUT2D eigenvalue weighted by Gasteiger charge is -2.25. The summed E-state index contributed by atoms with van der Waals surface area (Å²) in [5.74, 6) is 2.47. The maximum atomic E-state index is 5.69. The van der Waals surface area contributed by atoms with Crippen LogP contribution in [0.2, 0.25) is 0 Å². The largest absolute Gasteiger partial charge is 0.496 e. The van der Waals surface area contributed by atoms with Crippen molar-refractivity contribution in [2.75, 3.05) is 14.2 Å². The van der Waals surface area contributed by atoms with Crippen molar-refractivity contribution >= 4 is 11.8 Å². The molecule has 3 rings (SSSR count). The van der Waals surface area contributed by atoms with Crippen molar-refractivity contribution in [3.8, 4) is 5.75 Å². The van der Waals surface area contributed by atoms with Gasteiger partial charge in [0.2, 0.25) is 0 Å². The average Bonchev–Trinajstić information content (AvgIpc) is 2.67. The highest BCUT2D eigenvalue weighted by molar-refractivity contribution is 5.79. The number of benzene rings is 2. The number of ether oxygens (including phenoxy) is 2. The summed E-state index contributed by atoms with van der Waals surface area (Å²) in [5.41, 5.74) is 3.64. The summed E-state index contributed by atoms with van der Waals surface area (Å²) >= 11 is 0. The molecule has 0 unspecified atom stereocenters. The third-order valence-electron chi connectivity index (χ3n) is 4.90. The third-order valence-corrected chi connectivity index (χ3v) is 4.90. The van der Waals surface area contributed by atoms with E-state index in [1.165, 1.54) is 43.2 Å². The predicted molar refractivity (Wildman–Crippen MR) is 100 cm³/mol. The quantitative estimate of drug-likeness (QED) is 0.505. The smallest absolute Gasteiger partial charge is 0.126 e. The van der Waals surface area contributed by atoms with Gasteiger partial charge in [0.05, 0.1) is 14.2 Å². The second kappa shape index (κ2) is 8.05. The number of hydrogen-bond acceptors (Lipinski definition) is 2. The van der Waals surface area contributed by atoms with Gasteiger partial charge in [0, 0.05) is 11.1 Å². The van der Waals surface area contributed by atoms with Gasteiger partial charge in [-0.1, -0.05) is 61.7 Å². The first-order valence-corrected chi connectivity index (χ1v) is 8.81. The maximum absolute atomic E-state index is 5.69. The second-order valence-corrected chi connectivity index (χ2v) is 6.38. The molecule has 1 aliphatic carbocycles. The fraction of sp³-hybridized carbons (Fsp3) is 0.364. The van der Waals surface area contributed by atoms with Gasteiger partial charge in [-0.15, -0.1) is 0 Å². The molecule has 0 amide bonds. The summed E-state index contributed by atoms with van der Waals surface area (Å²) in [6.07, 6.45) is 8.61. The van der Waals surface area contributed by atoms with Crippen molar-refractivity contribution < 1.29 is 9.47 Å². The lowest BCUT2D eigenvalue weighted by Crippen LogP contribution is -2.08. The van der Waals surface area contributed by atoms with Crippen LogP contribution in [0.4, 0.5) is 0 Å². The van der Waals surface area contributed by atoms with E-state index in [1.54, 1.807) is 14.2 Å². The lowest BCUT2D eigenvalue weighted by atomic mass is 9.81. The molecule has 0 spiro atoms. The van der Waals surface area contributed by atoms with E-state index in [0.717, 1.165) is 17.1 Å². The monoisotopic (exact) mass is 322 g/mol. The lowest BCUT2D eigenvalue weighted by molar-refractivity contribution is 0.372. The van der Waals surface area contributed by atoms with Crippen LogP contribution >= 0.6 is 0 Å². The standard InChI is InChI=1S/C22H26O2/c1-23-20-15-9-14-19(22(20)18-12-7-4-8-13-18)16-21(24-2)17-10-5-3-6-11-17/h3,5-6,9-11,14-16,18H,4,7-8,12-13H2,1-2H3. The Morgan fingerprint density at radius 3 is 2.33 bits per heavy atom. The summed E-state index contributed by atoms with van der Waals surface area (Å²) in [6, 6.07) is 16.6. The van der Waals surface area contributed by atoms with Gasteiger partial charge in [-0.05, 0) is 36.5 Å². The summed E-state index contributed by atoms with van der Waals surface area (Å²) < 4.78 is 11.4. The molecule has 2 aromatic rings. The van der Waals surface area contributed by atoms with Crippen molar-refractivity contribution in [3.63, 3.8) is 0 Å². The number of hydrogen-bond donors (Lipinski definition) is 0. The molecule has 0 saturated heterocycles. The number of methoxy groups -OCH3 is 2. The Labute approximate surface area is 145 Å². The summed E-state index contributed by atoms with van der Waals surface area (Å²) in [4.78, 5) is 0. The van der Waals surface area contributed by atoms with E-state index >= 15 is 0 Å². The molecule has 2 aromatic carbocycles. The van der Waals surface area contributed by atoms with Crippen molar-refractivity contribution in [1.82, 2.24) is 0 Å². The summed E-state index contributed by atoms with van der Waals surface area (Å²) in [7, 11) is 3.50. The Bertz CT molecular complexity index is 682. The van der Waals surface area contributed by atoms with E-state index in [4.69, 9.17) is 9.47 Å². The molecule has 0 heterocycles. The Hall–Kier alpha value is -2.22. The molecule has 0 bridgehead atoms. The maximum Gasteiger partial charge on any atom is 0.126 e. The Morgan fingerprint density at radius 2 is 1.67 bits per heavy atom. The first-order chi connectivity index (χ1) is 11.8. The van der Waals surface area contributed by atoms with Gasteiger partial charge < -0.3 is 9.47 Å². The summed E-state index contributed by atoms with van der Waals surface area (Å²) in [6.45, 7) is 0. The van der Waals surface area contributed by atoms with Gasteiger partial charge in [-0.25, -0.2) is 0 Å². The highest BCUT2D eigenvalue weighted by Crippen LogP contribution is 2.40. The highest BCUT2D eigenvalue weighted by Gasteiger charge is 2.22. The minimum absolute atomic E-state index is 0.579. The molecular formula is C22H26O2. The molecule has 1 saturated carbocycles. The Kier molecular flexibility index (Phi) is 5.58.